The van der Waals surface area contributed by atoms with Crippen molar-refractivity contribution >= 4 is 29.3 Å². The maximum Gasteiger partial charge on any atom is 0.419 e. The molecule has 0 saturated heterocycles. The van der Waals surface area contributed by atoms with Crippen molar-refractivity contribution in [1.82, 2.24) is 15.0 Å². The number of hydrogen-bond acceptors (Lipinski definition) is 5. The van der Waals surface area contributed by atoms with Gasteiger partial charge in [-0.2, -0.15) is 13.2 Å². The summed E-state index contributed by atoms with van der Waals surface area (Å²) in [5.74, 6) is 0.143. The molecule has 166 valence electrons. The van der Waals surface area contributed by atoms with Crippen LogP contribution in [-0.2, 0) is 10.7 Å². The molecule has 0 amide bonds. The monoisotopic (exact) mass is 451 g/mol. The molecule has 4 N–H and O–H groups in total. The van der Waals surface area contributed by atoms with E-state index in [2.05, 4.69) is 20.3 Å². The number of H-pyrrole nitrogens is 1. The number of hydrogen-bond donors (Lipinski definition) is 3. The smallest absolute Gasteiger partial charge is 0.360 e. The molecule has 0 bridgehead atoms. The average molecular weight is 451 g/mol. The van der Waals surface area contributed by atoms with Gasteiger partial charge in [-0.15, -0.1) is 0 Å². The third-order valence-corrected chi connectivity index (χ3v) is 7.20. The quantitative estimate of drug-likeness (QED) is 0.505. The van der Waals surface area contributed by atoms with Crippen molar-refractivity contribution in [3.05, 3.63) is 36.2 Å². The standard InChI is InChI=1S/C21H25F3N5OP/c1-31(2,30)17-8-4-7-14-15(10-26-19(14)17)18-16(21(22,23)24)11-27-20(29-18)28-13-6-3-5-12(25)9-13/h4,7-8,10-13,26H,3,5-6,9,25H2,1-2H3,(H,27,28,29). The number of alkyl halides is 3. The Labute approximate surface area is 178 Å². The Balaban J connectivity index is 1.82. The van der Waals surface area contributed by atoms with Crippen LogP contribution < -0.4 is 16.4 Å². The Hall–Kier alpha value is -2.38. The fourth-order valence-corrected chi connectivity index (χ4v) is 5.36. The topological polar surface area (TPSA) is 96.7 Å². The van der Waals surface area contributed by atoms with Crippen LogP contribution in [0.2, 0.25) is 0 Å². The molecule has 0 aliphatic heterocycles. The second kappa shape index (κ2) is 7.95. The first-order valence-corrected chi connectivity index (χ1v) is 12.8. The number of nitrogens with zero attached hydrogens (tertiary/aromatic N) is 2. The van der Waals surface area contributed by atoms with Gasteiger partial charge in [-0.3, -0.25) is 0 Å². The maximum absolute atomic E-state index is 13.8. The summed E-state index contributed by atoms with van der Waals surface area (Å²) in [6.45, 7) is 3.26. The molecule has 2 heterocycles. The number of benzene rings is 1. The lowest BCUT2D eigenvalue weighted by molar-refractivity contribution is -0.137. The first-order chi connectivity index (χ1) is 14.5. The lowest BCUT2D eigenvalue weighted by Gasteiger charge is -2.27. The van der Waals surface area contributed by atoms with Crippen LogP contribution in [0.3, 0.4) is 0 Å². The lowest BCUT2D eigenvalue weighted by atomic mass is 9.92. The first-order valence-electron chi connectivity index (χ1n) is 10.2. The Kier molecular flexibility index (Phi) is 5.60. The van der Waals surface area contributed by atoms with Crippen LogP contribution in [0.4, 0.5) is 19.1 Å². The van der Waals surface area contributed by atoms with Gasteiger partial charge in [-0.25, -0.2) is 9.97 Å². The number of aromatic amines is 1. The number of aromatic nitrogens is 3. The van der Waals surface area contributed by atoms with Gasteiger partial charge in [-0.05, 0) is 45.1 Å². The molecule has 6 nitrogen and oxygen atoms in total. The van der Waals surface area contributed by atoms with Gasteiger partial charge < -0.3 is 20.6 Å². The molecule has 1 aliphatic rings. The van der Waals surface area contributed by atoms with Crippen LogP contribution in [0.15, 0.2) is 30.6 Å². The largest absolute Gasteiger partial charge is 0.419 e. The lowest BCUT2D eigenvalue weighted by Crippen LogP contribution is -2.35. The fourth-order valence-electron chi connectivity index (χ4n) is 4.19. The van der Waals surface area contributed by atoms with Crippen LogP contribution in [0, 0.1) is 0 Å². The van der Waals surface area contributed by atoms with Crippen molar-refractivity contribution in [2.45, 2.75) is 43.9 Å². The molecule has 1 aliphatic carbocycles. The number of anilines is 1. The van der Waals surface area contributed by atoms with Crippen LogP contribution >= 0.6 is 7.14 Å². The van der Waals surface area contributed by atoms with Gasteiger partial charge in [0.1, 0.15) is 12.7 Å². The van der Waals surface area contributed by atoms with Crippen molar-refractivity contribution in [3.63, 3.8) is 0 Å². The van der Waals surface area contributed by atoms with Crippen molar-refractivity contribution < 1.29 is 17.7 Å². The maximum atomic E-state index is 13.8. The molecule has 10 heteroatoms. The van der Waals surface area contributed by atoms with Gasteiger partial charge in [0.2, 0.25) is 5.95 Å². The Bertz CT molecular complexity index is 1150. The molecule has 1 fully saturated rings. The molecule has 0 spiro atoms. The minimum Gasteiger partial charge on any atom is -0.360 e. The fraction of sp³-hybridized carbons (Fsp3) is 0.429. The summed E-state index contributed by atoms with van der Waals surface area (Å²) in [5, 5.41) is 4.28. The second-order valence-corrected chi connectivity index (χ2v) is 11.7. The molecule has 3 aromatic rings. The first kappa shape index (κ1) is 21.8. The SMILES string of the molecule is CP(C)(=O)c1cccc2c(-c3nc(NC4CCCC(N)C4)ncc3C(F)(F)F)c[nH]c12. The summed E-state index contributed by atoms with van der Waals surface area (Å²) in [5.41, 5.74) is 5.75. The summed E-state index contributed by atoms with van der Waals surface area (Å²) in [7, 11) is -2.64. The van der Waals surface area contributed by atoms with Gasteiger partial charge in [0.05, 0.1) is 11.2 Å². The van der Waals surface area contributed by atoms with Crippen LogP contribution in [0.1, 0.15) is 31.2 Å². The van der Waals surface area contributed by atoms with E-state index in [-0.39, 0.29) is 23.7 Å². The molecule has 1 saturated carbocycles. The Morgan fingerprint density at radius 1 is 1.26 bits per heavy atom. The summed E-state index contributed by atoms with van der Waals surface area (Å²) >= 11 is 0. The third kappa shape index (κ3) is 4.48. The average Bonchev–Trinajstić information content (AvgIpc) is 3.10. The number of para-hydroxylation sites is 1. The van der Waals surface area contributed by atoms with Gasteiger partial charge >= 0.3 is 6.18 Å². The van der Waals surface area contributed by atoms with Crippen molar-refractivity contribution in [2.24, 2.45) is 5.73 Å². The molecule has 2 aromatic heterocycles. The van der Waals surface area contributed by atoms with E-state index in [1.54, 1.807) is 31.5 Å². The van der Waals surface area contributed by atoms with E-state index in [4.69, 9.17) is 5.73 Å². The molecular weight excluding hydrogens is 426 g/mol. The van der Waals surface area contributed by atoms with Crippen molar-refractivity contribution in [2.75, 3.05) is 18.6 Å². The van der Waals surface area contributed by atoms with Gasteiger partial charge in [-0.1, -0.05) is 12.1 Å². The van der Waals surface area contributed by atoms with E-state index in [1.165, 1.54) is 6.20 Å². The van der Waals surface area contributed by atoms with Crippen LogP contribution in [0.25, 0.3) is 22.2 Å². The molecule has 31 heavy (non-hydrogen) atoms. The van der Waals surface area contributed by atoms with Gasteiger partial charge in [0.25, 0.3) is 0 Å². The van der Waals surface area contributed by atoms with Crippen molar-refractivity contribution in [1.29, 1.82) is 0 Å². The molecular formula is C21H25F3N5OP. The molecule has 0 radical (unpaired) electrons. The number of nitrogens with two attached hydrogens (primary N) is 1. The van der Waals surface area contributed by atoms with Gasteiger partial charge in [0, 0.05) is 40.7 Å². The second-order valence-electron chi connectivity index (χ2n) is 8.47. The Morgan fingerprint density at radius 3 is 2.71 bits per heavy atom. The van der Waals surface area contributed by atoms with E-state index in [9.17, 15) is 17.7 Å². The summed E-state index contributed by atoms with van der Waals surface area (Å²) in [6, 6.07) is 5.22. The number of fused-ring (bicyclic) bond motifs is 1. The molecule has 4 rings (SSSR count). The van der Waals surface area contributed by atoms with Crippen molar-refractivity contribution in [3.8, 4) is 11.3 Å². The van der Waals surface area contributed by atoms with Gasteiger partial charge in [0.15, 0.2) is 0 Å². The highest BCUT2D eigenvalue weighted by atomic mass is 31.2. The predicted molar refractivity (Wildman–Crippen MR) is 117 cm³/mol. The number of rotatable bonds is 4. The third-order valence-electron chi connectivity index (χ3n) is 5.67. The zero-order chi connectivity index (χ0) is 22.4. The number of halogens is 3. The van der Waals surface area contributed by atoms with E-state index < -0.39 is 18.9 Å². The van der Waals surface area contributed by atoms with Crippen LogP contribution in [0.5, 0.6) is 0 Å². The zero-order valence-electron chi connectivity index (χ0n) is 17.3. The highest BCUT2D eigenvalue weighted by Gasteiger charge is 2.36. The molecule has 2 unspecified atom stereocenters. The number of nitrogens with one attached hydrogen (secondary N) is 2. The van der Waals surface area contributed by atoms with E-state index in [1.807, 2.05) is 0 Å². The minimum atomic E-state index is -4.62. The van der Waals surface area contributed by atoms with Crippen LogP contribution in [-0.4, -0.2) is 40.4 Å². The van der Waals surface area contributed by atoms with E-state index in [0.717, 1.165) is 31.9 Å². The normalized spacial score (nSPS) is 20.2. The molecule has 2 atom stereocenters. The molecule has 1 aromatic carbocycles. The minimum absolute atomic E-state index is 0.0222. The predicted octanol–water partition coefficient (Wildman–Crippen LogP) is 4.57. The van der Waals surface area contributed by atoms with E-state index in [0.29, 0.717) is 21.8 Å². The zero-order valence-corrected chi connectivity index (χ0v) is 18.2. The highest BCUT2D eigenvalue weighted by molar-refractivity contribution is 7.70. The summed E-state index contributed by atoms with van der Waals surface area (Å²) in [6.07, 6.45) is 1.17. The summed E-state index contributed by atoms with van der Waals surface area (Å²) in [4.78, 5) is 11.2. The van der Waals surface area contributed by atoms with E-state index >= 15 is 0 Å². The summed E-state index contributed by atoms with van der Waals surface area (Å²) < 4.78 is 54.0. The highest BCUT2D eigenvalue weighted by Crippen LogP contribution is 2.41. The Morgan fingerprint density at radius 2 is 2.03 bits per heavy atom.